The molecule has 0 unspecified atom stereocenters. The highest BCUT2D eigenvalue weighted by atomic mass is 35.5. The predicted molar refractivity (Wildman–Crippen MR) is 98.4 cm³/mol. The average Bonchev–Trinajstić information content (AvgIpc) is 3.11. The van der Waals surface area contributed by atoms with Gasteiger partial charge in [-0.1, -0.05) is 46.7 Å². The van der Waals surface area contributed by atoms with E-state index in [4.69, 9.17) is 16.1 Å². The third-order valence-electron chi connectivity index (χ3n) is 3.80. The van der Waals surface area contributed by atoms with Crippen molar-refractivity contribution < 1.29 is 4.52 Å². The van der Waals surface area contributed by atoms with Gasteiger partial charge >= 0.3 is 0 Å². The van der Waals surface area contributed by atoms with Crippen LogP contribution in [0.4, 0.5) is 0 Å². The van der Waals surface area contributed by atoms with E-state index in [1.807, 2.05) is 50.4 Å². The molecule has 0 fully saturated rings. The summed E-state index contributed by atoms with van der Waals surface area (Å²) in [4.78, 5) is 4.59. The Morgan fingerprint density at radius 3 is 2.67 bits per heavy atom. The Kier molecular flexibility index (Phi) is 5.11. The molecule has 2 aromatic heterocycles. The summed E-state index contributed by atoms with van der Waals surface area (Å²) in [5, 5.41) is 5.67. The van der Waals surface area contributed by atoms with E-state index >= 15 is 0 Å². The summed E-state index contributed by atoms with van der Waals surface area (Å²) in [5.41, 5.74) is 4.19. The first-order valence-electron chi connectivity index (χ1n) is 7.57. The predicted octanol–water partition coefficient (Wildman–Crippen LogP) is 5.29. The van der Waals surface area contributed by atoms with Gasteiger partial charge in [0.25, 0.3) is 0 Å². The van der Waals surface area contributed by atoms with Crippen LogP contribution in [-0.4, -0.2) is 14.7 Å². The second-order valence-electron chi connectivity index (χ2n) is 5.42. The summed E-state index contributed by atoms with van der Waals surface area (Å²) in [6.07, 6.45) is 3.77. The Balaban J connectivity index is 1.88. The maximum absolute atomic E-state index is 5.98. The molecule has 3 aromatic rings. The lowest BCUT2D eigenvalue weighted by molar-refractivity contribution is 0.392. The third kappa shape index (κ3) is 3.42. The fraction of sp³-hybridized carbons (Fsp3) is 0.222. The Morgan fingerprint density at radius 1 is 1.29 bits per heavy atom. The van der Waals surface area contributed by atoms with Crippen LogP contribution in [0.25, 0.3) is 11.3 Å². The van der Waals surface area contributed by atoms with Gasteiger partial charge in [-0.2, -0.15) is 0 Å². The molecule has 1 aromatic carbocycles. The number of benzene rings is 1. The lowest BCUT2D eigenvalue weighted by Gasteiger charge is -2.09. The van der Waals surface area contributed by atoms with Gasteiger partial charge in [-0.15, -0.1) is 6.58 Å². The van der Waals surface area contributed by atoms with Gasteiger partial charge in [0.1, 0.15) is 5.76 Å². The molecule has 0 N–H and O–H groups in total. The zero-order valence-corrected chi connectivity index (χ0v) is 15.2. The van der Waals surface area contributed by atoms with E-state index in [-0.39, 0.29) is 0 Å². The number of allylic oxidation sites excluding steroid dienone is 1. The van der Waals surface area contributed by atoms with Gasteiger partial charge in [0.15, 0.2) is 5.16 Å². The maximum atomic E-state index is 5.98. The molecule has 24 heavy (non-hydrogen) atoms. The normalized spacial score (nSPS) is 11.0. The number of thioether (sulfide) groups is 1. The third-order valence-corrected chi connectivity index (χ3v) is 5.07. The number of imidazole rings is 1. The molecule has 0 aliphatic heterocycles. The maximum Gasteiger partial charge on any atom is 0.169 e. The minimum atomic E-state index is 0.696. The Morgan fingerprint density at radius 2 is 2.04 bits per heavy atom. The summed E-state index contributed by atoms with van der Waals surface area (Å²) < 4.78 is 7.38. The summed E-state index contributed by atoms with van der Waals surface area (Å²) >= 11 is 7.65. The van der Waals surface area contributed by atoms with Crippen molar-refractivity contribution in [3.05, 3.63) is 65.2 Å². The number of aryl methyl sites for hydroxylation is 2. The highest BCUT2D eigenvalue weighted by Crippen LogP contribution is 2.30. The number of rotatable bonds is 6. The number of hydrogen-bond donors (Lipinski definition) is 0. The SMILES string of the molecule is C=CCn1c(-c2ccc(Cl)cc2)cnc1SCc1c(C)noc1C. The van der Waals surface area contributed by atoms with Gasteiger partial charge in [-0.25, -0.2) is 4.98 Å². The van der Waals surface area contributed by atoms with Crippen molar-refractivity contribution >= 4 is 23.4 Å². The number of hydrogen-bond acceptors (Lipinski definition) is 4. The molecular formula is C18H18ClN3OS. The first-order chi connectivity index (χ1) is 11.6. The van der Waals surface area contributed by atoms with Crippen molar-refractivity contribution in [2.24, 2.45) is 0 Å². The fourth-order valence-electron chi connectivity index (χ4n) is 2.48. The van der Waals surface area contributed by atoms with Crippen LogP contribution in [0, 0.1) is 13.8 Å². The number of nitrogens with zero attached hydrogens (tertiary/aromatic N) is 3. The van der Waals surface area contributed by atoms with Gasteiger partial charge in [0.05, 0.1) is 17.6 Å². The van der Waals surface area contributed by atoms with Crippen LogP contribution in [-0.2, 0) is 12.3 Å². The van der Waals surface area contributed by atoms with Gasteiger partial charge in [-0.05, 0) is 31.5 Å². The van der Waals surface area contributed by atoms with E-state index in [9.17, 15) is 0 Å². The summed E-state index contributed by atoms with van der Waals surface area (Å²) in [6, 6.07) is 7.78. The van der Waals surface area contributed by atoms with E-state index < -0.39 is 0 Å². The average molecular weight is 360 g/mol. The monoisotopic (exact) mass is 359 g/mol. The highest BCUT2D eigenvalue weighted by Gasteiger charge is 2.14. The number of aromatic nitrogens is 3. The molecular weight excluding hydrogens is 342 g/mol. The summed E-state index contributed by atoms with van der Waals surface area (Å²) in [7, 11) is 0. The quantitative estimate of drug-likeness (QED) is 0.443. The van der Waals surface area contributed by atoms with Crippen molar-refractivity contribution in [3.8, 4) is 11.3 Å². The zero-order valence-electron chi connectivity index (χ0n) is 13.6. The molecule has 0 saturated carbocycles. The Labute approximate surface area is 150 Å². The van der Waals surface area contributed by atoms with E-state index in [0.717, 1.165) is 44.2 Å². The molecule has 4 nitrogen and oxygen atoms in total. The van der Waals surface area contributed by atoms with Crippen LogP contribution in [0.15, 0.2) is 52.8 Å². The molecule has 0 radical (unpaired) electrons. The van der Waals surface area contributed by atoms with E-state index in [0.29, 0.717) is 6.54 Å². The van der Waals surface area contributed by atoms with Gasteiger partial charge in [0.2, 0.25) is 0 Å². The Hall–Kier alpha value is -1.98. The molecule has 0 bridgehead atoms. The molecule has 0 atom stereocenters. The fourth-order valence-corrected chi connectivity index (χ4v) is 3.74. The second kappa shape index (κ2) is 7.28. The van der Waals surface area contributed by atoms with Crippen LogP contribution in [0.1, 0.15) is 17.0 Å². The van der Waals surface area contributed by atoms with Crippen molar-refractivity contribution in [2.45, 2.75) is 31.3 Å². The van der Waals surface area contributed by atoms with Gasteiger partial charge in [0, 0.05) is 22.9 Å². The van der Waals surface area contributed by atoms with Crippen molar-refractivity contribution in [1.82, 2.24) is 14.7 Å². The van der Waals surface area contributed by atoms with Crippen LogP contribution in [0.5, 0.6) is 0 Å². The molecule has 0 amide bonds. The Bertz CT molecular complexity index is 832. The largest absolute Gasteiger partial charge is 0.361 e. The first kappa shape index (κ1) is 16.9. The van der Waals surface area contributed by atoms with Gasteiger partial charge < -0.3 is 9.09 Å². The van der Waals surface area contributed by atoms with Crippen LogP contribution in [0.2, 0.25) is 5.02 Å². The van der Waals surface area contributed by atoms with Crippen molar-refractivity contribution in [3.63, 3.8) is 0 Å². The second-order valence-corrected chi connectivity index (χ2v) is 6.80. The van der Waals surface area contributed by atoms with Crippen molar-refractivity contribution in [2.75, 3.05) is 0 Å². The molecule has 0 saturated heterocycles. The minimum absolute atomic E-state index is 0.696. The zero-order chi connectivity index (χ0) is 17.1. The molecule has 0 aliphatic carbocycles. The topological polar surface area (TPSA) is 43.9 Å². The van der Waals surface area contributed by atoms with Crippen LogP contribution in [0.3, 0.4) is 0 Å². The van der Waals surface area contributed by atoms with Crippen LogP contribution >= 0.6 is 23.4 Å². The van der Waals surface area contributed by atoms with E-state index in [2.05, 4.69) is 21.3 Å². The van der Waals surface area contributed by atoms with E-state index in [1.165, 1.54) is 0 Å². The van der Waals surface area contributed by atoms with Crippen molar-refractivity contribution in [1.29, 1.82) is 0 Å². The van der Waals surface area contributed by atoms with Gasteiger partial charge in [-0.3, -0.25) is 0 Å². The lowest BCUT2D eigenvalue weighted by Crippen LogP contribution is -2.00. The molecule has 2 heterocycles. The lowest BCUT2D eigenvalue weighted by atomic mass is 10.2. The van der Waals surface area contributed by atoms with E-state index in [1.54, 1.807) is 11.8 Å². The molecule has 0 aliphatic rings. The number of halogens is 1. The van der Waals surface area contributed by atoms with Crippen LogP contribution < -0.4 is 0 Å². The minimum Gasteiger partial charge on any atom is -0.361 e. The molecule has 0 spiro atoms. The smallest absolute Gasteiger partial charge is 0.169 e. The first-order valence-corrected chi connectivity index (χ1v) is 8.93. The molecule has 3 rings (SSSR count). The summed E-state index contributed by atoms with van der Waals surface area (Å²) in [6.45, 7) is 8.45. The molecule has 6 heteroatoms. The molecule has 124 valence electrons. The highest BCUT2D eigenvalue weighted by molar-refractivity contribution is 7.98. The standard InChI is InChI=1S/C18H18ClN3OS/c1-4-9-22-17(14-5-7-15(19)8-6-14)10-20-18(22)24-11-16-12(2)21-23-13(16)3/h4-8,10H,1,9,11H2,2-3H3. The summed E-state index contributed by atoms with van der Waals surface area (Å²) in [5.74, 6) is 1.63.